The summed E-state index contributed by atoms with van der Waals surface area (Å²) in [7, 11) is -3.60. The molecule has 0 saturated heterocycles. The van der Waals surface area contributed by atoms with E-state index in [-0.39, 0.29) is 17.0 Å². The lowest BCUT2D eigenvalue weighted by atomic mass is 9.70. The van der Waals surface area contributed by atoms with Crippen LogP contribution in [0.5, 0.6) is 0 Å². The number of carbonyl (C=O) groups is 1. The third kappa shape index (κ3) is 2.16. The molecule has 2 aliphatic carbocycles. The Kier molecular flexibility index (Phi) is 3.13. The first-order valence-electron chi connectivity index (χ1n) is 7.22. The van der Waals surface area contributed by atoms with Gasteiger partial charge in [-0.3, -0.25) is 9.52 Å². The Labute approximate surface area is 125 Å². The molecule has 1 N–H and O–H groups in total. The minimum absolute atomic E-state index is 0.107. The van der Waals surface area contributed by atoms with Crippen LogP contribution < -0.4 is 4.72 Å². The molecule has 114 valence electrons. The van der Waals surface area contributed by atoms with Gasteiger partial charge >= 0.3 is 0 Å². The number of hydrogen-bond acceptors (Lipinski definition) is 4. The third-order valence-corrected chi connectivity index (χ3v) is 6.89. The quantitative estimate of drug-likeness (QED) is 0.925. The van der Waals surface area contributed by atoms with Gasteiger partial charge in [-0.25, -0.2) is 13.4 Å². The van der Waals surface area contributed by atoms with Crippen molar-refractivity contribution < 1.29 is 13.2 Å². The topological polar surface area (TPSA) is 76.1 Å². The van der Waals surface area contributed by atoms with Crippen LogP contribution in [-0.2, 0) is 14.8 Å². The first kappa shape index (κ1) is 14.5. The number of sulfonamides is 1. The number of nitrogens with one attached hydrogen (secondary N) is 1. The monoisotopic (exact) mass is 308 g/mol. The van der Waals surface area contributed by atoms with Gasteiger partial charge < -0.3 is 0 Å². The van der Waals surface area contributed by atoms with Crippen molar-refractivity contribution in [1.82, 2.24) is 4.98 Å². The maximum atomic E-state index is 12.5. The van der Waals surface area contributed by atoms with Gasteiger partial charge in [-0.15, -0.1) is 0 Å². The first-order chi connectivity index (χ1) is 9.77. The zero-order valence-corrected chi connectivity index (χ0v) is 13.1. The molecular formula is C15H20N2O3S. The predicted molar refractivity (Wildman–Crippen MR) is 80.2 cm³/mol. The lowest BCUT2D eigenvalue weighted by Gasteiger charge is -2.36. The molecule has 0 spiro atoms. The Hall–Kier alpha value is -1.43. The summed E-state index contributed by atoms with van der Waals surface area (Å²) in [5, 5.41) is 0. The van der Waals surface area contributed by atoms with Crippen molar-refractivity contribution in [2.24, 2.45) is 16.7 Å². The molecule has 1 aromatic heterocycles. The van der Waals surface area contributed by atoms with Gasteiger partial charge in [0.05, 0.1) is 11.2 Å². The second kappa shape index (κ2) is 4.53. The molecule has 2 fully saturated rings. The van der Waals surface area contributed by atoms with Crippen molar-refractivity contribution in [3.05, 3.63) is 24.4 Å². The van der Waals surface area contributed by atoms with E-state index in [1.807, 2.05) is 13.8 Å². The molecule has 0 aromatic carbocycles. The van der Waals surface area contributed by atoms with E-state index in [2.05, 4.69) is 9.71 Å². The van der Waals surface area contributed by atoms with Crippen LogP contribution in [0.3, 0.4) is 0 Å². The highest BCUT2D eigenvalue weighted by Crippen LogP contribution is 2.64. The summed E-state index contributed by atoms with van der Waals surface area (Å²) in [6.07, 6.45) is 3.67. The third-order valence-electron chi connectivity index (χ3n) is 5.50. The van der Waals surface area contributed by atoms with E-state index in [9.17, 15) is 13.2 Å². The number of anilines is 1. The Morgan fingerprint density at radius 3 is 2.67 bits per heavy atom. The molecule has 0 radical (unpaired) electrons. The van der Waals surface area contributed by atoms with Crippen LogP contribution >= 0.6 is 0 Å². The van der Waals surface area contributed by atoms with Gasteiger partial charge in [0, 0.05) is 12.6 Å². The summed E-state index contributed by atoms with van der Waals surface area (Å²) in [4.78, 5) is 16.4. The standard InChI is InChI=1S/C15H20N2O3S/c1-14(2)11-6-7-15(14,12(18)9-11)10-21(19,20)17-13-5-3-4-8-16-13/h3-5,8,11H,6-7,9-10H2,1-2H3,(H,16,17). The van der Waals surface area contributed by atoms with Crippen molar-refractivity contribution in [3.63, 3.8) is 0 Å². The van der Waals surface area contributed by atoms with Gasteiger partial charge in [-0.1, -0.05) is 19.9 Å². The molecule has 3 rings (SSSR count). The molecular weight excluding hydrogens is 288 g/mol. The van der Waals surface area contributed by atoms with Crippen LogP contribution in [0.15, 0.2) is 24.4 Å². The fraction of sp³-hybridized carbons (Fsp3) is 0.600. The Balaban J connectivity index is 1.87. The van der Waals surface area contributed by atoms with E-state index in [1.165, 1.54) is 6.20 Å². The summed E-state index contributed by atoms with van der Waals surface area (Å²) in [5.41, 5.74) is -0.985. The zero-order chi connectivity index (χ0) is 15.3. The highest BCUT2D eigenvalue weighted by atomic mass is 32.2. The molecule has 0 amide bonds. The number of Topliss-reactive ketones (excluding diaryl/α,β-unsaturated/α-hetero) is 1. The van der Waals surface area contributed by atoms with Gasteiger partial charge in [0.1, 0.15) is 11.6 Å². The number of carbonyl (C=O) groups excluding carboxylic acids is 1. The summed E-state index contributed by atoms with van der Waals surface area (Å²) >= 11 is 0. The van der Waals surface area contributed by atoms with Crippen molar-refractivity contribution in [2.75, 3.05) is 10.5 Å². The summed E-state index contributed by atoms with van der Waals surface area (Å²) in [6.45, 7) is 4.07. The van der Waals surface area contributed by atoms with E-state index in [4.69, 9.17) is 0 Å². The van der Waals surface area contributed by atoms with E-state index < -0.39 is 15.4 Å². The molecule has 2 bridgehead atoms. The van der Waals surface area contributed by atoms with Crippen LogP contribution in [0.2, 0.25) is 0 Å². The number of pyridine rings is 1. The lowest BCUT2D eigenvalue weighted by molar-refractivity contribution is -0.128. The smallest absolute Gasteiger partial charge is 0.234 e. The van der Waals surface area contributed by atoms with Gasteiger partial charge in [0.15, 0.2) is 0 Å². The molecule has 5 nitrogen and oxygen atoms in total. The Morgan fingerprint density at radius 2 is 2.14 bits per heavy atom. The SMILES string of the molecule is CC1(C)C2CCC1(CS(=O)(=O)Nc1ccccn1)C(=O)C2. The molecule has 1 aromatic rings. The van der Waals surface area contributed by atoms with E-state index >= 15 is 0 Å². The van der Waals surface area contributed by atoms with Crippen molar-refractivity contribution in [3.8, 4) is 0 Å². The highest BCUT2D eigenvalue weighted by Gasteiger charge is 2.65. The normalized spacial score (nSPS) is 30.6. The van der Waals surface area contributed by atoms with Crippen LogP contribution in [0.25, 0.3) is 0 Å². The van der Waals surface area contributed by atoms with Gasteiger partial charge in [0.25, 0.3) is 0 Å². The van der Waals surface area contributed by atoms with E-state index in [0.29, 0.717) is 24.6 Å². The number of hydrogen-bond donors (Lipinski definition) is 1. The lowest BCUT2D eigenvalue weighted by Crippen LogP contribution is -2.43. The van der Waals surface area contributed by atoms with Crippen molar-refractivity contribution >= 4 is 21.6 Å². The minimum Gasteiger partial charge on any atom is -0.299 e. The maximum Gasteiger partial charge on any atom is 0.234 e. The molecule has 1 heterocycles. The van der Waals surface area contributed by atoms with Crippen LogP contribution in [-0.4, -0.2) is 24.9 Å². The second-order valence-corrected chi connectivity index (χ2v) is 8.47. The summed E-state index contributed by atoms with van der Waals surface area (Å²) in [5.74, 6) is 0.579. The number of nitrogens with zero attached hydrogens (tertiary/aromatic N) is 1. The van der Waals surface area contributed by atoms with Crippen LogP contribution in [0, 0.1) is 16.7 Å². The molecule has 21 heavy (non-hydrogen) atoms. The van der Waals surface area contributed by atoms with Crippen LogP contribution in [0.1, 0.15) is 33.1 Å². The van der Waals surface area contributed by atoms with Crippen LogP contribution in [0.4, 0.5) is 5.82 Å². The summed E-state index contributed by atoms with van der Waals surface area (Å²) in [6, 6.07) is 5.05. The summed E-state index contributed by atoms with van der Waals surface area (Å²) < 4.78 is 27.4. The average Bonchev–Trinajstić information content (AvgIpc) is 2.72. The Bertz CT molecular complexity index is 669. The second-order valence-electron chi connectivity index (χ2n) is 6.74. The number of aromatic nitrogens is 1. The maximum absolute atomic E-state index is 12.5. The molecule has 2 saturated carbocycles. The predicted octanol–water partition coefficient (Wildman–Crippen LogP) is 2.22. The number of rotatable bonds is 4. The number of ketones is 1. The molecule has 0 aliphatic heterocycles. The highest BCUT2D eigenvalue weighted by molar-refractivity contribution is 7.92. The van der Waals surface area contributed by atoms with Crippen molar-refractivity contribution in [1.29, 1.82) is 0 Å². The Morgan fingerprint density at radius 1 is 1.38 bits per heavy atom. The van der Waals surface area contributed by atoms with Gasteiger partial charge in [0.2, 0.25) is 10.0 Å². The van der Waals surface area contributed by atoms with Gasteiger partial charge in [-0.05, 0) is 36.3 Å². The van der Waals surface area contributed by atoms with E-state index in [1.54, 1.807) is 18.2 Å². The molecule has 6 heteroatoms. The molecule has 2 atom stereocenters. The van der Waals surface area contributed by atoms with E-state index in [0.717, 1.165) is 6.42 Å². The van der Waals surface area contributed by atoms with Crippen molar-refractivity contribution in [2.45, 2.75) is 33.1 Å². The molecule has 2 unspecified atom stereocenters. The fourth-order valence-electron chi connectivity index (χ4n) is 4.05. The number of fused-ring (bicyclic) bond motifs is 2. The fourth-order valence-corrected chi connectivity index (χ4v) is 5.89. The zero-order valence-electron chi connectivity index (χ0n) is 12.3. The largest absolute Gasteiger partial charge is 0.299 e. The minimum atomic E-state index is -3.60. The average molecular weight is 308 g/mol. The molecule has 2 aliphatic rings. The first-order valence-corrected chi connectivity index (χ1v) is 8.87. The van der Waals surface area contributed by atoms with Gasteiger partial charge in [-0.2, -0.15) is 0 Å².